The quantitative estimate of drug-likeness (QED) is 0.721. The van der Waals surface area contributed by atoms with Crippen molar-refractivity contribution < 1.29 is 14.3 Å². The third-order valence-electron chi connectivity index (χ3n) is 3.82. The molecule has 25 heavy (non-hydrogen) atoms. The van der Waals surface area contributed by atoms with Crippen LogP contribution in [-0.4, -0.2) is 43.6 Å². The molecule has 1 aromatic heterocycles. The van der Waals surface area contributed by atoms with Crippen molar-refractivity contribution in [2.45, 2.75) is 26.9 Å². The molecule has 1 amide bonds. The van der Waals surface area contributed by atoms with Gasteiger partial charge in [-0.3, -0.25) is 14.6 Å². The molecule has 0 saturated carbocycles. The lowest BCUT2D eigenvalue weighted by atomic mass is 10.1. The first-order chi connectivity index (χ1) is 12.0. The standard InChI is InChI=1S/C18H25N3O3S/c1-6-21(13(2)22)18-19-15(12-25-18)11-20(3)10-14-8-7-9-16(23-4)17(14)24-5/h7-9,12H,6,10-11H2,1-5H3. The van der Waals surface area contributed by atoms with E-state index in [1.54, 1.807) is 26.0 Å². The molecule has 7 heteroatoms. The van der Waals surface area contributed by atoms with Crippen LogP contribution >= 0.6 is 11.3 Å². The second-order valence-electron chi connectivity index (χ2n) is 5.71. The van der Waals surface area contributed by atoms with Crippen LogP contribution in [0.2, 0.25) is 0 Å². The molecule has 2 aromatic rings. The van der Waals surface area contributed by atoms with Crippen LogP contribution in [0.3, 0.4) is 0 Å². The number of carbonyl (C=O) groups is 1. The minimum absolute atomic E-state index is 0.0119. The number of thiazole rings is 1. The van der Waals surface area contributed by atoms with Crippen molar-refractivity contribution >= 4 is 22.4 Å². The molecule has 1 aromatic carbocycles. The Hall–Kier alpha value is -2.12. The van der Waals surface area contributed by atoms with Crippen molar-refractivity contribution in [2.75, 3.05) is 32.7 Å². The Morgan fingerprint density at radius 3 is 2.60 bits per heavy atom. The van der Waals surface area contributed by atoms with Crippen LogP contribution in [0.25, 0.3) is 0 Å². The number of hydrogen-bond acceptors (Lipinski definition) is 6. The van der Waals surface area contributed by atoms with Gasteiger partial charge in [0.1, 0.15) is 0 Å². The molecule has 6 nitrogen and oxygen atoms in total. The summed E-state index contributed by atoms with van der Waals surface area (Å²) in [4.78, 5) is 20.1. The number of ether oxygens (including phenoxy) is 2. The van der Waals surface area contributed by atoms with Gasteiger partial charge in [-0.25, -0.2) is 4.98 Å². The van der Waals surface area contributed by atoms with Gasteiger partial charge in [-0.15, -0.1) is 11.3 Å². The van der Waals surface area contributed by atoms with Gasteiger partial charge in [0, 0.05) is 37.5 Å². The molecule has 0 aliphatic heterocycles. The maximum absolute atomic E-state index is 11.6. The second-order valence-corrected chi connectivity index (χ2v) is 6.55. The lowest BCUT2D eigenvalue weighted by Gasteiger charge is -2.19. The molecule has 2 rings (SSSR count). The molecule has 1 heterocycles. The number of aromatic nitrogens is 1. The largest absolute Gasteiger partial charge is 0.493 e. The Kier molecular flexibility index (Phi) is 6.78. The van der Waals surface area contributed by atoms with Gasteiger partial charge in [-0.05, 0) is 20.0 Å². The molecule has 0 fully saturated rings. The Balaban J connectivity index is 2.07. The van der Waals surface area contributed by atoms with E-state index in [1.807, 2.05) is 37.6 Å². The van der Waals surface area contributed by atoms with Crippen LogP contribution in [0.5, 0.6) is 11.5 Å². The number of rotatable bonds is 8. The molecule has 0 bridgehead atoms. The molecule has 136 valence electrons. The fourth-order valence-electron chi connectivity index (χ4n) is 2.69. The third-order valence-corrected chi connectivity index (χ3v) is 4.74. The van der Waals surface area contributed by atoms with E-state index < -0.39 is 0 Å². The summed E-state index contributed by atoms with van der Waals surface area (Å²) >= 11 is 1.50. The van der Waals surface area contributed by atoms with Crippen LogP contribution in [-0.2, 0) is 17.9 Å². The van der Waals surface area contributed by atoms with E-state index in [-0.39, 0.29) is 5.91 Å². The zero-order valence-corrected chi connectivity index (χ0v) is 16.2. The molecular weight excluding hydrogens is 338 g/mol. The Labute approximate surface area is 153 Å². The van der Waals surface area contributed by atoms with E-state index in [0.717, 1.165) is 27.9 Å². The summed E-state index contributed by atoms with van der Waals surface area (Å²) in [5, 5.41) is 2.75. The zero-order valence-electron chi connectivity index (χ0n) is 15.4. The minimum atomic E-state index is 0.0119. The van der Waals surface area contributed by atoms with E-state index in [9.17, 15) is 4.79 Å². The number of anilines is 1. The number of methoxy groups -OCH3 is 2. The van der Waals surface area contributed by atoms with Gasteiger partial charge in [0.25, 0.3) is 0 Å². The number of para-hydroxylation sites is 1. The van der Waals surface area contributed by atoms with Gasteiger partial charge in [0.15, 0.2) is 16.6 Å². The van der Waals surface area contributed by atoms with E-state index in [4.69, 9.17) is 9.47 Å². The third kappa shape index (κ3) is 4.70. The summed E-state index contributed by atoms with van der Waals surface area (Å²) in [5.74, 6) is 1.49. The van der Waals surface area contributed by atoms with Gasteiger partial charge < -0.3 is 9.47 Å². The summed E-state index contributed by atoms with van der Waals surface area (Å²) in [6.45, 7) is 5.53. The Bertz CT molecular complexity index is 717. The van der Waals surface area contributed by atoms with E-state index in [2.05, 4.69) is 9.88 Å². The summed E-state index contributed by atoms with van der Waals surface area (Å²) in [6, 6.07) is 5.87. The summed E-state index contributed by atoms with van der Waals surface area (Å²) < 4.78 is 10.8. The van der Waals surface area contributed by atoms with Crippen molar-refractivity contribution in [3.63, 3.8) is 0 Å². The molecular formula is C18H25N3O3S. The van der Waals surface area contributed by atoms with Crippen LogP contribution in [0, 0.1) is 0 Å². The van der Waals surface area contributed by atoms with E-state index in [0.29, 0.717) is 19.6 Å². The fourth-order valence-corrected chi connectivity index (χ4v) is 3.61. The molecule has 0 atom stereocenters. The predicted octanol–water partition coefficient (Wildman–Crippen LogP) is 3.17. The summed E-state index contributed by atoms with van der Waals surface area (Å²) in [6.07, 6.45) is 0. The van der Waals surface area contributed by atoms with Crippen molar-refractivity contribution in [1.82, 2.24) is 9.88 Å². The fraction of sp³-hybridized carbons (Fsp3) is 0.444. The highest BCUT2D eigenvalue weighted by molar-refractivity contribution is 7.14. The second kappa shape index (κ2) is 8.82. The summed E-state index contributed by atoms with van der Waals surface area (Å²) in [7, 11) is 5.31. The van der Waals surface area contributed by atoms with Crippen LogP contribution in [0.4, 0.5) is 5.13 Å². The Morgan fingerprint density at radius 1 is 1.24 bits per heavy atom. The van der Waals surface area contributed by atoms with Crippen LogP contribution < -0.4 is 14.4 Å². The van der Waals surface area contributed by atoms with Gasteiger partial charge in [0.05, 0.1) is 19.9 Å². The first-order valence-electron chi connectivity index (χ1n) is 8.11. The predicted molar refractivity (Wildman–Crippen MR) is 101 cm³/mol. The first-order valence-corrected chi connectivity index (χ1v) is 8.99. The number of amides is 1. The van der Waals surface area contributed by atoms with Gasteiger partial charge in [-0.2, -0.15) is 0 Å². The zero-order chi connectivity index (χ0) is 18.4. The first kappa shape index (κ1) is 19.2. The van der Waals surface area contributed by atoms with Crippen LogP contribution in [0.15, 0.2) is 23.6 Å². The smallest absolute Gasteiger partial charge is 0.225 e. The number of hydrogen-bond donors (Lipinski definition) is 0. The number of carbonyl (C=O) groups excluding carboxylic acids is 1. The SMILES string of the molecule is CCN(C(C)=O)c1nc(CN(C)Cc2cccc(OC)c2OC)cs1. The molecule has 0 saturated heterocycles. The molecule has 0 N–H and O–H groups in total. The van der Waals surface area contributed by atoms with E-state index in [1.165, 1.54) is 11.3 Å². The van der Waals surface area contributed by atoms with Gasteiger partial charge >= 0.3 is 0 Å². The average molecular weight is 363 g/mol. The van der Waals surface area contributed by atoms with Gasteiger partial charge in [-0.1, -0.05) is 12.1 Å². The van der Waals surface area contributed by atoms with Crippen molar-refractivity contribution in [3.8, 4) is 11.5 Å². The molecule has 0 aliphatic rings. The molecule has 0 spiro atoms. The maximum atomic E-state index is 11.6. The lowest BCUT2D eigenvalue weighted by Crippen LogP contribution is -2.27. The molecule has 0 radical (unpaired) electrons. The minimum Gasteiger partial charge on any atom is -0.493 e. The summed E-state index contributed by atoms with van der Waals surface area (Å²) in [5.41, 5.74) is 2.00. The number of nitrogens with zero attached hydrogens (tertiary/aromatic N) is 3. The highest BCUT2D eigenvalue weighted by atomic mass is 32.1. The Morgan fingerprint density at radius 2 is 2.00 bits per heavy atom. The highest BCUT2D eigenvalue weighted by Gasteiger charge is 2.15. The number of benzene rings is 1. The topological polar surface area (TPSA) is 54.9 Å². The monoisotopic (exact) mass is 363 g/mol. The van der Waals surface area contributed by atoms with Crippen LogP contribution in [0.1, 0.15) is 25.1 Å². The molecule has 0 aliphatic carbocycles. The normalized spacial score (nSPS) is 10.8. The van der Waals surface area contributed by atoms with Crippen molar-refractivity contribution in [1.29, 1.82) is 0 Å². The van der Waals surface area contributed by atoms with Crippen molar-refractivity contribution in [2.24, 2.45) is 0 Å². The van der Waals surface area contributed by atoms with Gasteiger partial charge in [0.2, 0.25) is 5.91 Å². The molecule has 0 unspecified atom stereocenters. The lowest BCUT2D eigenvalue weighted by molar-refractivity contribution is -0.116. The van der Waals surface area contributed by atoms with Crippen molar-refractivity contribution in [3.05, 3.63) is 34.8 Å². The highest BCUT2D eigenvalue weighted by Crippen LogP contribution is 2.31. The van der Waals surface area contributed by atoms with E-state index >= 15 is 0 Å². The maximum Gasteiger partial charge on any atom is 0.225 e. The average Bonchev–Trinajstić information content (AvgIpc) is 3.02.